The van der Waals surface area contributed by atoms with E-state index in [1.807, 2.05) is 18.2 Å². The summed E-state index contributed by atoms with van der Waals surface area (Å²) in [5.41, 5.74) is 6.69. The van der Waals surface area contributed by atoms with Crippen LogP contribution in [0, 0.1) is 0 Å². The Kier molecular flexibility index (Phi) is 3.68. The van der Waals surface area contributed by atoms with Gasteiger partial charge in [-0.1, -0.05) is 6.07 Å². The number of nitrogens with two attached hydrogens (primary N) is 1. The van der Waals surface area contributed by atoms with E-state index in [1.54, 1.807) is 24.7 Å². The zero-order chi connectivity index (χ0) is 14.5. The second-order valence-corrected chi connectivity index (χ2v) is 4.27. The zero-order valence-electron chi connectivity index (χ0n) is 11.2. The molecule has 0 aromatic carbocycles. The number of hydrogen-bond acceptors (Lipinski definition) is 7. The molecule has 0 aliphatic carbocycles. The van der Waals surface area contributed by atoms with Gasteiger partial charge in [0.1, 0.15) is 0 Å². The summed E-state index contributed by atoms with van der Waals surface area (Å²) in [6, 6.07) is 7.60. The number of rotatable bonds is 5. The molecule has 3 heterocycles. The van der Waals surface area contributed by atoms with Crippen LogP contribution in [-0.2, 0) is 6.42 Å². The summed E-state index contributed by atoms with van der Waals surface area (Å²) in [6.45, 7) is 0.652. The lowest BCUT2D eigenvalue weighted by molar-refractivity contribution is 0.797. The fourth-order valence-electron chi connectivity index (χ4n) is 1.80. The lowest BCUT2D eigenvalue weighted by Crippen LogP contribution is -2.13. The van der Waals surface area contributed by atoms with Crippen molar-refractivity contribution in [3.05, 3.63) is 48.5 Å². The SMILES string of the molecule is Nc1nc(NCCc2ccccn2)nc(-n2cccn2)n1. The minimum absolute atomic E-state index is 0.149. The fraction of sp³-hybridized carbons (Fsp3) is 0.154. The number of aromatic nitrogens is 6. The molecule has 0 atom stereocenters. The molecule has 106 valence electrons. The maximum absolute atomic E-state index is 5.69. The normalized spacial score (nSPS) is 10.5. The van der Waals surface area contributed by atoms with Crippen LogP contribution in [0.25, 0.3) is 5.95 Å². The van der Waals surface area contributed by atoms with Crippen LogP contribution < -0.4 is 11.1 Å². The predicted molar refractivity (Wildman–Crippen MR) is 77.8 cm³/mol. The molecule has 8 heteroatoms. The Labute approximate surface area is 121 Å². The van der Waals surface area contributed by atoms with E-state index in [9.17, 15) is 0 Å². The summed E-state index contributed by atoms with van der Waals surface area (Å²) in [7, 11) is 0. The van der Waals surface area contributed by atoms with Gasteiger partial charge in [0.25, 0.3) is 5.95 Å². The third kappa shape index (κ3) is 3.30. The Morgan fingerprint density at radius 3 is 2.81 bits per heavy atom. The standard InChI is InChI=1S/C13H14N8/c14-11-18-12(16-8-5-10-4-1-2-6-15-10)20-13(19-11)21-9-3-7-17-21/h1-4,6-7,9H,5,8H2,(H3,14,16,18,19,20). The van der Waals surface area contributed by atoms with E-state index in [2.05, 4.69) is 30.4 Å². The highest BCUT2D eigenvalue weighted by Crippen LogP contribution is 2.06. The molecule has 0 saturated heterocycles. The molecule has 8 nitrogen and oxygen atoms in total. The van der Waals surface area contributed by atoms with Crippen LogP contribution in [0.4, 0.5) is 11.9 Å². The van der Waals surface area contributed by atoms with Gasteiger partial charge in [-0.15, -0.1) is 0 Å². The van der Waals surface area contributed by atoms with Crippen LogP contribution in [-0.4, -0.2) is 36.3 Å². The molecule has 0 bridgehead atoms. The molecule has 3 N–H and O–H groups in total. The van der Waals surface area contributed by atoms with Gasteiger partial charge in [0.15, 0.2) is 0 Å². The van der Waals surface area contributed by atoms with Crippen molar-refractivity contribution in [1.29, 1.82) is 0 Å². The van der Waals surface area contributed by atoms with Crippen molar-refractivity contribution >= 4 is 11.9 Å². The van der Waals surface area contributed by atoms with Crippen molar-refractivity contribution in [2.45, 2.75) is 6.42 Å². The van der Waals surface area contributed by atoms with E-state index in [0.717, 1.165) is 12.1 Å². The fourth-order valence-corrected chi connectivity index (χ4v) is 1.80. The van der Waals surface area contributed by atoms with E-state index < -0.39 is 0 Å². The lowest BCUT2D eigenvalue weighted by Gasteiger charge is -2.07. The summed E-state index contributed by atoms with van der Waals surface area (Å²) in [6.07, 6.45) is 5.93. The van der Waals surface area contributed by atoms with E-state index >= 15 is 0 Å². The van der Waals surface area contributed by atoms with Gasteiger partial charge in [0.05, 0.1) is 0 Å². The van der Waals surface area contributed by atoms with Gasteiger partial charge in [-0.2, -0.15) is 20.1 Å². The van der Waals surface area contributed by atoms with Crippen LogP contribution >= 0.6 is 0 Å². The van der Waals surface area contributed by atoms with Gasteiger partial charge in [0.2, 0.25) is 11.9 Å². The largest absolute Gasteiger partial charge is 0.368 e. The van der Waals surface area contributed by atoms with Gasteiger partial charge >= 0.3 is 0 Å². The smallest absolute Gasteiger partial charge is 0.257 e. The second-order valence-electron chi connectivity index (χ2n) is 4.27. The Morgan fingerprint density at radius 2 is 2.05 bits per heavy atom. The summed E-state index contributed by atoms with van der Waals surface area (Å²) in [5.74, 6) is 0.951. The van der Waals surface area contributed by atoms with Crippen molar-refractivity contribution in [1.82, 2.24) is 29.7 Å². The average Bonchev–Trinajstić information content (AvgIpc) is 3.02. The first-order chi connectivity index (χ1) is 10.3. The molecule has 21 heavy (non-hydrogen) atoms. The Morgan fingerprint density at radius 1 is 1.10 bits per heavy atom. The monoisotopic (exact) mass is 282 g/mol. The zero-order valence-corrected chi connectivity index (χ0v) is 11.2. The molecule has 0 fully saturated rings. The van der Waals surface area contributed by atoms with Crippen LogP contribution in [0.3, 0.4) is 0 Å². The topological polar surface area (TPSA) is 107 Å². The predicted octanol–water partition coefficient (Wildman–Crippen LogP) is 0.689. The molecule has 0 spiro atoms. The third-order valence-corrected chi connectivity index (χ3v) is 2.74. The number of hydrogen-bond donors (Lipinski definition) is 2. The number of pyridine rings is 1. The Balaban J connectivity index is 1.68. The number of nitrogens with one attached hydrogen (secondary N) is 1. The minimum Gasteiger partial charge on any atom is -0.368 e. The molecule has 0 unspecified atom stereocenters. The average molecular weight is 282 g/mol. The molecule has 3 rings (SSSR count). The van der Waals surface area contributed by atoms with E-state index in [4.69, 9.17) is 5.73 Å². The van der Waals surface area contributed by atoms with E-state index in [-0.39, 0.29) is 5.95 Å². The van der Waals surface area contributed by atoms with E-state index in [1.165, 1.54) is 4.68 Å². The summed E-state index contributed by atoms with van der Waals surface area (Å²) in [4.78, 5) is 16.6. The Bertz CT molecular complexity index is 695. The molecule has 0 radical (unpaired) electrons. The van der Waals surface area contributed by atoms with Gasteiger partial charge < -0.3 is 11.1 Å². The van der Waals surface area contributed by atoms with Gasteiger partial charge in [-0.25, -0.2) is 4.68 Å². The van der Waals surface area contributed by atoms with Crippen LogP contribution in [0.2, 0.25) is 0 Å². The first-order valence-electron chi connectivity index (χ1n) is 6.46. The maximum Gasteiger partial charge on any atom is 0.257 e. The van der Waals surface area contributed by atoms with Gasteiger partial charge in [0, 0.05) is 37.3 Å². The molecular formula is C13H14N8. The van der Waals surface area contributed by atoms with E-state index in [0.29, 0.717) is 18.4 Å². The summed E-state index contributed by atoms with van der Waals surface area (Å²) >= 11 is 0. The van der Waals surface area contributed by atoms with Crippen LogP contribution in [0.5, 0.6) is 0 Å². The number of nitrogens with zero attached hydrogens (tertiary/aromatic N) is 6. The van der Waals surface area contributed by atoms with Crippen molar-refractivity contribution in [2.75, 3.05) is 17.6 Å². The second kappa shape index (κ2) is 5.95. The number of nitrogen functional groups attached to an aromatic ring is 1. The first-order valence-corrected chi connectivity index (χ1v) is 6.46. The quantitative estimate of drug-likeness (QED) is 0.708. The molecule has 3 aromatic heterocycles. The van der Waals surface area contributed by atoms with Crippen molar-refractivity contribution in [3.63, 3.8) is 0 Å². The summed E-state index contributed by atoms with van der Waals surface area (Å²) in [5, 5.41) is 7.18. The van der Waals surface area contributed by atoms with Gasteiger partial charge in [-0.05, 0) is 18.2 Å². The highest BCUT2D eigenvalue weighted by atomic mass is 15.4. The summed E-state index contributed by atoms with van der Waals surface area (Å²) < 4.78 is 1.53. The minimum atomic E-state index is 0.149. The third-order valence-electron chi connectivity index (χ3n) is 2.74. The molecule has 0 aliphatic rings. The molecule has 0 saturated carbocycles. The van der Waals surface area contributed by atoms with Crippen molar-refractivity contribution < 1.29 is 0 Å². The molecular weight excluding hydrogens is 268 g/mol. The number of anilines is 2. The lowest BCUT2D eigenvalue weighted by atomic mass is 10.3. The van der Waals surface area contributed by atoms with Crippen molar-refractivity contribution in [3.8, 4) is 5.95 Å². The highest BCUT2D eigenvalue weighted by Gasteiger charge is 2.06. The van der Waals surface area contributed by atoms with Crippen LogP contribution in [0.1, 0.15) is 5.69 Å². The Hall–Kier alpha value is -3.03. The molecule has 0 amide bonds. The first kappa shape index (κ1) is 13.0. The maximum atomic E-state index is 5.69. The molecule has 3 aromatic rings. The highest BCUT2D eigenvalue weighted by molar-refractivity contribution is 5.34. The molecule has 0 aliphatic heterocycles. The van der Waals surface area contributed by atoms with Crippen LogP contribution in [0.15, 0.2) is 42.9 Å². The van der Waals surface area contributed by atoms with Gasteiger partial charge in [-0.3, -0.25) is 4.98 Å². The van der Waals surface area contributed by atoms with Crippen molar-refractivity contribution in [2.24, 2.45) is 0 Å².